The van der Waals surface area contributed by atoms with E-state index in [-0.39, 0.29) is 34.6 Å². The summed E-state index contributed by atoms with van der Waals surface area (Å²) in [5, 5.41) is 15.0. The van der Waals surface area contributed by atoms with Crippen molar-refractivity contribution in [1.82, 2.24) is 10.2 Å². The van der Waals surface area contributed by atoms with Crippen LogP contribution in [0, 0.1) is 17.0 Å². The van der Waals surface area contributed by atoms with Crippen molar-refractivity contribution in [2.24, 2.45) is 0 Å². The van der Waals surface area contributed by atoms with Gasteiger partial charge in [-0.3, -0.25) is 24.0 Å². The first-order valence-electron chi connectivity index (χ1n) is 13.1. The van der Waals surface area contributed by atoms with Crippen LogP contribution in [0.2, 0.25) is 10.0 Å². The molecule has 0 radical (unpaired) electrons. The highest BCUT2D eigenvalue weighted by Gasteiger charge is 2.35. The van der Waals surface area contributed by atoms with Crippen LogP contribution < -0.4 is 14.4 Å². The van der Waals surface area contributed by atoms with Gasteiger partial charge in [0, 0.05) is 34.3 Å². The van der Waals surface area contributed by atoms with Crippen molar-refractivity contribution in [3.05, 3.63) is 92.0 Å². The largest absolute Gasteiger partial charge is 0.495 e. The van der Waals surface area contributed by atoms with E-state index in [2.05, 4.69) is 5.32 Å². The lowest BCUT2D eigenvalue weighted by atomic mass is 10.1. The Morgan fingerprint density at radius 2 is 1.70 bits per heavy atom. The molecule has 43 heavy (non-hydrogen) atoms. The molecule has 11 nitrogen and oxygen atoms in total. The second kappa shape index (κ2) is 14.1. The fraction of sp³-hybridized carbons (Fsp3) is 0.310. The van der Waals surface area contributed by atoms with Crippen molar-refractivity contribution in [3.63, 3.8) is 0 Å². The highest BCUT2D eigenvalue weighted by atomic mass is 35.5. The molecule has 1 N–H and O–H groups in total. The van der Waals surface area contributed by atoms with E-state index >= 15 is 0 Å². The van der Waals surface area contributed by atoms with Crippen LogP contribution in [-0.4, -0.2) is 55.8 Å². The average molecular weight is 652 g/mol. The van der Waals surface area contributed by atoms with E-state index in [9.17, 15) is 28.1 Å². The molecule has 3 aromatic carbocycles. The van der Waals surface area contributed by atoms with Gasteiger partial charge in [-0.25, -0.2) is 8.42 Å². The Morgan fingerprint density at radius 1 is 1.02 bits per heavy atom. The minimum absolute atomic E-state index is 0.0668. The lowest BCUT2D eigenvalue weighted by molar-refractivity contribution is -0.385. The van der Waals surface area contributed by atoms with Crippen molar-refractivity contribution in [3.8, 4) is 5.75 Å². The van der Waals surface area contributed by atoms with Gasteiger partial charge in [0.1, 0.15) is 18.3 Å². The van der Waals surface area contributed by atoms with Crippen LogP contribution in [0.1, 0.15) is 31.9 Å². The highest BCUT2D eigenvalue weighted by Crippen LogP contribution is 2.36. The molecule has 1 atom stereocenters. The number of aryl methyl sites for hydroxylation is 1. The fourth-order valence-corrected chi connectivity index (χ4v) is 6.08. The van der Waals surface area contributed by atoms with Crippen molar-refractivity contribution in [1.29, 1.82) is 0 Å². The number of sulfonamides is 1. The van der Waals surface area contributed by atoms with Gasteiger partial charge in [-0.05, 0) is 69.7 Å². The minimum atomic E-state index is -4.63. The number of methoxy groups -OCH3 is 1. The number of nitro benzene ring substituents is 1. The number of anilines is 1. The van der Waals surface area contributed by atoms with Crippen LogP contribution in [0.5, 0.6) is 5.75 Å². The number of ether oxygens (including phenoxy) is 1. The summed E-state index contributed by atoms with van der Waals surface area (Å²) in [6, 6.07) is 13.2. The average Bonchev–Trinajstić information content (AvgIpc) is 2.93. The van der Waals surface area contributed by atoms with E-state index in [4.69, 9.17) is 27.9 Å². The molecule has 14 heteroatoms. The van der Waals surface area contributed by atoms with Crippen LogP contribution in [-0.2, 0) is 26.2 Å². The molecule has 230 valence electrons. The van der Waals surface area contributed by atoms with E-state index in [0.717, 1.165) is 10.4 Å². The molecule has 3 aromatic rings. The Labute approximate surface area is 260 Å². The summed E-state index contributed by atoms with van der Waals surface area (Å²) < 4.78 is 34.5. The molecule has 3 rings (SSSR count). The van der Waals surface area contributed by atoms with Crippen LogP contribution in [0.4, 0.5) is 11.4 Å². The Balaban J connectivity index is 2.17. The molecule has 0 heterocycles. The van der Waals surface area contributed by atoms with E-state index in [0.29, 0.717) is 10.6 Å². The number of nitro groups is 1. The van der Waals surface area contributed by atoms with Crippen LogP contribution in [0.25, 0.3) is 0 Å². The molecule has 0 saturated carbocycles. The summed E-state index contributed by atoms with van der Waals surface area (Å²) in [6.45, 7) is 5.70. The first kappa shape index (κ1) is 33.6. The summed E-state index contributed by atoms with van der Waals surface area (Å²) in [5.74, 6) is -1.11. The molecule has 0 aliphatic heterocycles. The zero-order valence-electron chi connectivity index (χ0n) is 24.2. The Hall–Kier alpha value is -3.87. The van der Waals surface area contributed by atoms with E-state index in [1.807, 2.05) is 0 Å². The standard InChI is InChI=1S/C29H32Cl2N4O7S/c1-18(2)32-29(37)20(4)33(16-21-7-6-8-22(30)13-21)28(36)17-34(26-14-23(31)10-12-27(26)42-5)43(40,41)24-11-9-19(3)25(15-24)35(38)39/h6-15,18,20H,16-17H2,1-5H3,(H,32,37)/t20-/m0/s1. The number of benzene rings is 3. The van der Waals surface area contributed by atoms with Gasteiger partial charge in [0.2, 0.25) is 11.8 Å². The predicted octanol–water partition coefficient (Wildman–Crippen LogP) is 5.36. The van der Waals surface area contributed by atoms with Gasteiger partial charge in [-0.1, -0.05) is 41.4 Å². The van der Waals surface area contributed by atoms with Gasteiger partial charge in [0.15, 0.2) is 0 Å². The molecule has 0 aliphatic rings. The van der Waals surface area contributed by atoms with Crippen molar-refractivity contribution < 1.29 is 27.7 Å². The molecule has 0 aromatic heterocycles. The van der Waals surface area contributed by atoms with Gasteiger partial charge in [-0.2, -0.15) is 0 Å². The quantitative estimate of drug-likeness (QED) is 0.206. The zero-order valence-corrected chi connectivity index (χ0v) is 26.5. The molecule has 0 fully saturated rings. The smallest absolute Gasteiger partial charge is 0.273 e. The number of carbonyl (C=O) groups is 2. The third kappa shape index (κ3) is 8.15. The number of rotatable bonds is 12. The normalized spacial score (nSPS) is 12.0. The van der Waals surface area contributed by atoms with Crippen molar-refractivity contribution in [2.75, 3.05) is 18.0 Å². The number of hydrogen-bond acceptors (Lipinski definition) is 7. The number of halogens is 2. The summed E-state index contributed by atoms with van der Waals surface area (Å²) in [6.07, 6.45) is 0. The number of hydrogen-bond donors (Lipinski definition) is 1. The first-order chi connectivity index (χ1) is 20.1. The monoisotopic (exact) mass is 650 g/mol. The van der Waals surface area contributed by atoms with Gasteiger partial charge in [-0.15, -0.1) is 0 Å². The third-order valence-electron chi connectivity index (χ3n) is 6.49. The molecule has 0 aliphatic carbocycles. The number of nitrogens with one attached hydrogen (secondary N) is 1. The maximum absolute atomic E-state index is 14.1. The topological polar surface area (TPSA) is 139 Å². The molecular formula is C29H32Cl2N4O7S. The lowest BCUT2D eigenvalue weighted by Crippen LogP contribution is -2.52. The van der Waals surface area contributed by atoms with Gasteiger partial charge < -0.3 is 15.0 Å². The fourth-order valence-electron chi connectivity index (χ4n) is 4.26. The van der Waals surface area contributed by atoms with E-state index in [1.165, 1.54) is 56.2 Å². The SMILES string of the molecule is COc1ccc(Cl)cc1N(CC(=O)N(Cc1cccc(Cl)c1)[C@@H](C)C(=O)NC(C)C)S(=O)(=O)c1ccc(C)c([N+](=O)[O-])c1. The number of nitrogens with zero attached hydrogens (tertiary/aromatic N) is 3. The summed E-state index contributed by atoms with van der Waals surface area (Å²) in [5.41, 5.74) is 0.374. The van der Waals surface area contributed by atoms with Crippen LogP contribution >= 0.6 is 23.2 Å². The summed E-state index contributed by atoms with van der Waals surface area (Å²) in [7, 11) is -3.31. The molecule has 0 bridgehead atoms. The Kier molecular flexibility index (Phi) is 11.0. The minimum Gasteiger partial charge on any atom is -0.495 e. The third-order valence-corrected chi connectivity index (χ3v) is 8.72. The molecule has 2 amide bonds. The van der Waals surface area contributed by atoms with Crippen molar-refractivity contribution in [2.45, 2.75) is 51.2 Å². The summed E-state index contributed by atoms with van der Waals surface area (Å²) in [4.78, 5) is 38.8. The maximum atomic E-state index is 14.1. The van der Waals surface area contributed by atoms with E-state index < -0.39 is 49.9 Å². The van der Waals surface area contributed by atoms with E-state index in [1.54, 1.807) is 38.1 Å². The van der Waals surface area contributed by atoms with Gasteiger partial charge in [0.25, 0.3) is 15.7 Å². The van der Waals surface area contributed by atoms with Gasteiger partial charge >= 0.3 is 0 Å². The second-order valence-electron chi connectivity index (χ2n) is 10.0. The molecule has 0 saturated heterocycles. The van der Waals surface area contributed by atoms with Crippen LogP contribution in [0.3, 0.4) is 0 Å². The Bertz CT molecular complexity index is 1630. The Morgan fingerprint density at radius 3 is 2.30 bits per heavy atom. The van der Waals surface area contributed by atoms with Gasteiger partial charge in [0.05, 0.1) is 22.6 Å². The molecule has 0 spiro atoms. The zero-order chi connectivity index (χ0) is 32.1. The maximum Gasteiger partial charge on any atom is 0.273 e. The molecular weight excluding hydrogens is 619 g/mol. The number of amides is 2. The first-order valence-corrected chi connectivity index (χ1v) is 15.3. The highest BCUT2D eigenvalue weighted by molar-refractivity contribution is 7.92. The molecule has 0 unspecified atom stereocenters. The lowest BCUT2D eigenvalue weighted by Gasteiger charge is -2.32. The predicted molar refractivity (Wildman–Crippen MR) is 165 cm³/mol. The van der Waals surface area contributed by atoms with Crippen molar-refractivity contribution >= 4 is 56.4 Å². The number of carbonyl (C=O) groups excluding carboxylic acids is 2. The summed E-state index contributed by atoms with van der Waals surface area (Å²) >= 11 is 12.4. The van der Waals surface area contributed by atoms with Crippen LogP contribution in [0.15, 0.2) is 65.6 Å². The second-order valence-corrected chi connectivity index (χ2v) is 12.8.